The summed E-state index contributed by atoms with van der Waals surface area (Å²) in [6, 6.07) is 5.46. The van der Waals surface area contributed by atoms with E-state index in [1.165, 1.54) is 11.6 Å². The fourth-order valence-electron chi connectivity index (χ4n) is 5.63. The lowest BCUT2D eigenvalue weighted by Gasteiger charge is -2.42. The molecule has 9 heteroatoms. The van der Waals surface area contributed by atoms with Crippen LogP contribution in [0.2, 0.25) is 5.02 Å². The maximum absolute atomic E-state index is 12.8. The summed E-state index contributed by atoms with van der Waals surface area (Å²) in [5.41, 5.74) is 2.17. The molecule has 6 atom stereocenters. The molecular weight excluding hydrogens is 510 g/mol. The Hall–Kier alpha value is -1.94. The molecule has 2 N–H and O–H groups in total. The monoisotopic (exact) mass is 549 g/mol. The fraction of sp³-hybridized carbons (Fsp3) is 0.621. The molecule has 210 valence electrons. The number of carbonyl (C=O) groups is 1. The summed E-state index contributed by atoms with van der Waals surface area (Å²) in [5, 5.41) is 12.6. The average molecular weight is 550 g/mol. The molecule has 3 fully saturated rings. The predicted octanol–water partition coefficient (Wildman–Crippen LogP) is 4.39. The Bertz CT molecular complexity index is 1040. The first kappa shape index (κ1) is 29.1. The molecule has 8 nitrogen and oxygen atoms in total. The number of carbonyl (C=O) groups excluding carboxylic acids is 1. The molecule has 0 radical (unpaired) electrons. The second-order valence-corrected chi connectivity index (χ2v) is 11.1. The van der Waals surface area contributed by atoms with Crippen LogP contribution in [-0.4, -0.2) is 80.7 Å². The van der Waals surface area contributed by atoms with Crippen molar-refractivity contribution in [2.24, 2.45) is 5.92 Å². The highest BCUT2D eigenvalue weighted by Gasteiger charge is 2.72. The first-order valence-corrected chi connectivity index (χ1v) is 13.7. The number of esters is 1. The summed E-state index contributed by atoms with van der Waals surface area (Å²) < 4.78 is 29.4. The summed E-state index contributed by atoms with van der Waals surface area (Å²) >= 11 is 6.29. The molecule has 38 heavy (non-hydrogen) atoms. The van der Waals surface area contributed by atoms with Gasteiger partial charge in [-0.15, -0.1) is 0 Å². The maximum atomic E-state index is 12.8. The molecule has 4 rings (SSSR count). The van der Waals surface area contributed by atoms with Crippen LogP contribution in [0.5, 0.6) is 0 Å². The zero-order valence-corrected chi connectivity index (χ0v) is 23.5. The normalized spacial score (nSPS) is 31.8. The summed E-state index contributed by atoms with van der Waals surface area (Å²) in [6.45, 7) is 8.26. The van der Waals surface area contributed by atoms with Gasteiger partial charge in [0.1, 0.15) is 23.4 Å². The van der Waals surface area contributed by atoms with E-state index in [0.717, 1.165) is 24.1 Å². The molecule has 3 aliphatic rings. The van der Waals surface area contributed by atoms with Crippen molar-refractivity contribution in [2.45, 2.75) is 69.5 Å². The lowest BCUT2D eigenvalue weighted by Crippen LogP contribution is -2.55. The molecular formula is C29H40ClNO7. The number of hydrogen-bond donors (Lipinski definition) is 2. The molecule has 1 saturated carbocycles. The molecule has 0 aromatic heterocycles. The van der Waals surface area contributed by atoms with E-state index < -0.39 is 5.97 Å². The minimum absolute atomic E-state index is 0.0116. The van der Waals surface area contributed by atoms with E-state index in [4.69, 9.17) is 40.4 Å². The first-order chi connectivity index (χ1) is 18.2. The highest BCUT2D eigenvalue weighted by Crippen LogP contribution is 2.59. The average Bonchev–Trinajstić information content (AvgIpc) is 3.80. The van der Waals surface area contributed by atoms with Crippen molar-refractivity contribution < 1.29 is 33.6 Å². The Labute approximate surface area is 230 Å². The smallest absolute Gasteiger partial charge is 0.331 e. The van der Waals surface area contributed by atoms with Crippen molar-refractivity contribution in [1.29, 1.82) is 0 Å². The molecule has 2 aliphatic heterocycles. The van der Waals surface area contributed by atoms with Crippen molar-refractivity contribution >= 4 is 29.3 Å². The molecule has 1 aliphatic carbocycles. The van der Waals surface area contributed by atoms with Crippen molar-refractivity contribution in [3.63, 3.8) is 0 Å². The first-order valence-electron chi connectivity index (χ1n) is 13.3. The van der Waals surface area contributed by atoms with Gasteiger partial charge in [0.2, 0.25) is 0 Å². The van der Waals surface area contributed by atoms with Crippen LogP contribution in [-0.2, 0) is 28.5 Å². The van der Waals surface area contributed by atoms with Crippen molar-refractivity contribution in [3.05, 3.63) is 46.5 Å². The predicted molar refractivity (Wildman–Crippen MR) is 146 cm³/mol. The molecule has 1 spiro atoms. The van der Waals surface area contributed by atoms with Gasteiger partial charge in [-0.2, -0.15) is 0 Å². The number of allylic oxidation sites excluding steroid dienone is 1. The SMILES string of the molecule is CO[C@@H]1[C@H](OC(=O)/C=C/c2ccc(Cl)c(NCCOCCO)c2)CC[C@]2(CO2)[C@H]1[C@@]1(C)O[C@@H]1CC=C(C)C. The highest BCUT2D eigenvalue weighted by molar-refractivity contribution is 6.33. The number of halogens is 1. The number of methoxy groups -OCH3 is 1. The zero-order valence-electron chi connectivity index (χ0n) is 22.7. The van der Waals surface area contributed by atoms with Crippen LogP contribution in [0.1, 0.15) is 45.6 Å². The second kappa shape index (κ2) is 12.5. The molecule has 0 amide bonds. The van der Waals surface area contributed by atoms with E-state index in [-0.39, 0.29) is 42.0 Å². The van der Waals surface area contributed by atoms with Gasteiger partial charge in [0, 0.05) is 19.7 Å². The summed E-state index contributed by atoms with van der Waals surface area (Å²) in [4.78, 5) is 12.8. The minimum atomic E-state index is -0.423. The van der Waals surface area contributed by atoms with Gasteiger partial charge in [0.15, 0.2) is 0 Å². The Morgan fingerprint density at radius 3 is 2.79 bits per heavy atom. The number of epoxide rings is 2. The third kappa shape index (κ3) is 6.79. The summed E-state index contributed by atoms with van der Waals surface area (Å²) in [5.74, 6) is -0.439. The van der Waals surface area contributed by atoms with Gasteiger partial charge in [-0.25, -0.2) is 4.79 Å². The van der Waals surface area contributed by atoms with Crippen LogP contribution >= 0.6 is 11.6 Å². The molecule has 0 bridgehead atoms. The van der Waals surface area contributed by atoms with Crippen LogP contribution in [0, 0.1) is 5.92 Å². The van der Waals surface area contributed by atoms with E-state index in [1.807, 2.05) is 12.1 Å². The molecule has 2 heterocycles. The van der Waals surface area contributed by atoms with E-state index in [9.17, 15) is 4.79 Å². The number of benzene rings is 1. The van der Waals surface area contributed by atoms with Gasteiger partial charge >= 0.3 is 5.97 Å². The third-order valence-corrected chi connectivity index (χ3v) is 8.03. The van der Waals surface area contributed by atoms with E-state index in [2.05, 4.69) is 32.2 Å². The topological polar surface area (TPSA) is 102 Å². The lowest BCUT2D eigenvalue weighted by molar-refractivity contribution is -0.166. The van der Waals surface area contributed by atoms with Gasteiger partial charge < -0.3 is 34.1 Å². The summed E-state index contributed by atoms with van der Waals surface area (Å²) in [6.07, 6.45) is 7.08. The Balaban J connectivity index is 1.37. The number of aliphatic hydroxyl groups is 1. The van der Waals surface area contributed by atoms with Gasteiger partial charge in [0.25, 0.3) is 0 Å². The molecule has 1 aromatic rings. The lowest BCUT2D eigenvalue weighted by atomic mass is 9.68. The highest BCUT2D eigenvalue weighted by atomic mass is 35.5. The van der Waals surface area contributed by atoms with Crippen LogP contribution in [0.4, 0.5) is 5.69 Å². The fourth-order valence-corrected chi connectivity index (χ4v) is 5.81. The van der Waals surface area contributed by atoms with Crippen molar-refractivity contribution in [3.8, 4) is 0 Å². The largest absolute Gasteiger partial charge is 0.456 e. The van der Waals surface area contributed by atoms with Gasteiger partial charge in [-0.05, 0) is 63.8 Å². The van der Waals surface area contributed by atoms with Crippen LogP contribution < -0.4 is 5.32 Å². The minimum Gasteiger partial charge on any atom is -0.456 e. The van der Waals surface area contributed by atoms with Crippen LogP contribution in [0.25, 0.3) is 6.08 Å². The number of anilines is 1. The molecule has 0 unspecified atom stereocenters. The van der Waals surface area contributed by atoms with Crippen molar-refractivity contribution in [1.82, 2.24) is 0 Å². The van der Waals surface area contributed by atoms with Crippen LogP contribution in [0.15, 0.2) is 35.9 Å². The van der Waals surface area contributed by atoms with Gasteiger partial charge in [0.05, 0.1) is 49.2 Å². The Morgan fingerprint density at radius 2 is 2.11 bits per heavy atom. The standard InChI is InChI=1S/C29H40ClNO7/c1-19(2)5-9-24-28(3,38-24)27-26(34-4)23(11-12-29(27)18-36-29)37-25(33)10-7-20-6-8-21(30)22(17-20)31-13-15-35-16-14-32/h5-8,10,17,23-24,26-27,31-32H,9,11-16,18H2,1-4H3/b10-7+/t23-,24-,26-,27-,28+,29+/m1/s1. The van der Waals surface area contributed by atoms with Gasteiger partial charge in [-0.1, -0.05) is 29.3 Å². The second-order valence-electron chi connectivity index (χ2n) is 10.7. The number of hydrogen-bond acceptors (Lipinski definition) is 8. The quantitative estimate of drug-likeness (QED) is 0.123. The van der Waals surface area contributed by atoms with Gasteiger partial charge in [-0.3, -0.25) is 0 Å². The maximum Gasteiger partial charge on any atom is 0.331 e. The third-order valence-electron chi connectivity index (χ3n) is 7.70. The van der Waals surface area contributed by atoms with E-state index in [1.54, 1.807) is 19.3 Å². The number of rotatable bonds is 13. The summed E-state index contributed by atoms with van der Waals surface area (Å²) in [7, 11) is 1.67. The van der Waals surface area contributed by atoms with Crippen LogP contribution in [0.3, 0.4) is 0 Å². The Kier molecular flexibility index (Phi) is 9.55. The molecule has 1 aromatic carbocycles. The molecule has 2 saturated heterocycles. The van der Waals surface area contributed by atoms with Crippen molar-refractivity contribution in [2.75, 3.05) is 45.4 Å². The zero-order chi connectivity index (χ0) is 27.3. The number of aliphatic hydroxyl groups excluding tert-OH is 1. The van der Waals surface area contributed by atoms with E-state index >= 15 is 0 Å². The number of nitrogens with one attached hydrogen (secondary N) is 1. The Morgan fingerprint density at radius 1 is 1.32 bits per heavy atom. The van der Waals surface area contributed by atoms with E-state index in [0.29, 0.717) is 37.8 Å². The number of ether oxygens (including phenoxy) is 5.